The number of fused-ring (bicyclic) bond motifs is 1. The van der Waals surface area contributed by atoms with Crippen LogP contribution in [0.4, 0.5) is 0 Å². The molecular weight excluding hydrogens is 432 g/mol. The first-order valence-corrected chi connectivity index (χ1v) is 11.5. The maximum Gasteiger partial charge on any atom is 0.364 e. The van der Waals surface area contributed by atoms with Crippen LogP contribution in [0.5, 0.6) is 0 Å². The SMILES string of the molecule is CCOC(=O)C(CCc1ccccc1)[NH2+]C(C)C(=O)N1C(C(=O)O)CC2CCCCC21.[Cl-]. The highest BCUT2D eigenvalue weighted by molar-refractivity contribution is 5.87. The van der Waals surface area contributed by atoms with Gasteiger partial charge in [-0.25, -0.2) is 9.59 Å². The summed E-state index contributed by atoms with van der Waals surface area (Å²) < 4.78 is 5.25. The van der Waals surface area contributed by atoms with Crippen molar-refractivity contribution in [3.63, 3.8) is 0 Å². The van der Waals surface area contributed by atoms with Gasteiger partial charge < -0.3 is 32.5 Å². The molecule has 1 amide bonds. The highest BCUT2D eigenvalue weighted by Gasteiger charge is 2.49. The third-order valence-corrected chi connectivity index (χ3v) is 6.71. The van der Waals surface area contributed by atoms with Gasteiger partial charge in [0.15, 0.2) is 12.1 Å². The number of carbonyl (C=O) groups excluding carboxylic acids is 2. The van der Waals surface area contributed by atoms with Crippen molar-refractivity contribution in [2.24, 2.45) is 5.92 Å². The van der Waals surface area contributed by atoms with Gasteiger partial charge in [-0.15, -0.1) is 0 Å². The number of quaternary nitrogens is 1. The summed E-state index contributed by atoms with van der Waals surface area (Å²) in [6.07, 6.45) is 5.76. The van der Waals surface area contributed by atoms with Crippen LogP contribution in [0.1, 0.15) is 57.9 Å². The maximum atomic E-state index is 13.4. The van der Waals surface area contributed by atoms with E-state index in [1.54, 1.807) is 24.1 Å². The van der Waals surface area contributed by atoms with Gasteiger partial charge in [0.05, 0.1) is 6.61 Å². The highest BCUT2D eigenvalue weighted by Crippen LogP contribution is 2.40. The molecule has 1 aliphatic heterocycles. The number of esters is 1. The zero-order valence-corrected chi connectivity index (χ0v) is 19.7. The van der Waals surface area contributed by atoms with Crippen LogP contribution in [0.15, 0.2) is 30.3 Å². The highest BCUT2D eigenvalue weighted by atomic mass is 35.5. The van der Waals surface area contributed by atoms with Crippen LogP contribution in [0.25, 0.3) is 0 Å². The number of amides is 1. The predicted octanol–water partition coefficient (Wildman–Crippen LogP) is -1.25. The molecule has 1 aromatic carbocycles. The van der Waals surface area contributed by atoms with E-state index in [9.17, 15) is 19.5 Å². The predicted molar refractivity (Wildman–Crippen MR) is 115 cm³/mol. The van der Waals surface area contributed by atoms with Crippen LogP contribution in [0.2, 0.25) is 0 Å². The van der Waals surface area contributed by atoms with E-state index in [2.05, 4.69) is 0 Å². The molecule has 1 aliphatic carbocycles. The normalized spacial score (nSPS) is 24.1. The molecule has 2 aliphatic rings. The standard InChI is InChI=1S/C24H34N2O5.ClH/c1-3-31-24(30)19(14-13-17-9-5-4-6-10-17)25-16(2)22(27)26-20-12-8-7-11-18(20)15-21(26)23(28)29;/h4-6,9-10,16,18-21,25H,3,7-8,11-15H2,1-2H3,(H,28,29);1H. The number of hydrogen-bond acceptors (Lipinski definition) is 4. The van der Waals surface area contributed by atoms with Gasteiger partial charge in [0.1, 0.15) is 6.04 Å². The third-order valence-electron chi connectivity index (χ3n) is 6.71. The van der Waals surface area contributed by atoms with Crippen molar-refractivity contribution in [3.05, 3.63) is 35.9 Å². The number of aliphatic carboxylic acids is 1. The number of halogens is 1. The molecule has 178 valence electrons. The number of nitrogens with zero attached hydrogens (tertiary/aromatic N) is 1. The minimum absolute atomic E-state index is 0. The van der Waals surface area contributed by atoms with E-state index in [0.29, 0.717) is 19.3 Å². The molecule has 0 bridgehead atoms. The quantitative estimate of drug-likeness (QED) is 0.443. The molecule has 8 heteroatoms. The second-order valence-electron chi connectivity index (χ2n) is 8.81. The summed E-state index contributed by atoms with van der Waals surface area (Å²) in [4.78, 5) is 39.5. The van der Waals surface area contributed by atoms with Crippen molar-refractivity contribution in [1.82, 2.24) is 4.90 Å². The van der Waals surface area contributed by atoms with Crippen LogP contribution in [-0.4, -0.2) is 58.6 Å². The summed E-state index contributed by atoms with van der Waals surface area (Å²) in [6, 6.07) is 8.09. The number of likely N-dealkylation sites (tertiary alicyclic amines) is 1. The Balaban J connectivity index is 0.00000363. The average molecular weight is 467 g/mol. The zero-order chi connectivity index (χ0) is 22.4. The van der Waals surface area contributed by atoms with Crippen molar-refractivity contribution in [1.29, 1.82) is 0 Å². The number of rotatable bonds is 9. The molecule has 32 heavy (non-hydrogen) atoms. The van der Waals surface area contributed by atoms with E-state index in [4.69, 9.17) is 4.74 Å². The van der Waals surface area contributed by atoms with Crippen molar-refractivity contribution < 1.29 is 42.0 Å². The van der Waals surface area contributed by atoms with Gasteiger partial charge in [0.2, 0.25) is 0 Å². The molecule has 2 fully saturated rings. The summed E-state index contributed by atoms with van der Waals surface area (Å²) in [5.74, 6) is -1.17. The summed E-state index contributed by atoms with van der Waals surface area (Å²) in [5, 5.41) is 11.5. The van der Waals surface area contributed by atoms with Crippen molar-refractivity contribution in [2.75, 3.05) is 6.61 Å². The minimum Gasteiger partial charge on any atom is -1.00 e. The van der Waals surface area contributed by atoms with Gasteiger partial charge in [0.25, 0.3) is 5.91 Å². The number of nitrogens with two attached hydrogens (primary N) is 1. The third kappa shape index (κ3) is 6.23. The lowest BCUT2D eigenvalue weighted by atomic mass is 9.84. The molecular formula is C24H35ClN2O5. The van der Waals surface area contributed by atoms with Crippen LogP contribution < -0.4 is 17.7 Å². The first kappa shape index (κ1) is 26.1. The molecule has 1 saturated heterocycles. The fourth-order valence-electron chi connectivity index (χ4n) is 5.17. The molecule has 0 spiro atoms. The molecule has 5 unspecified atom stereocenters. The Bertz CT molecular complexity index is 775. The number of ether oxygens (including phenoxy) is 1. The van der Waals surface area contributed by atoms with Crippen molar-refractivity contribution >= 4 is 17.8 Å². The Morgan fingerprint density at radius 1 is 1.19 bits per heavy atom. The number of benzene rings is 1. The van der Waals surface area contributed by atoms with Gasteiger partial charge in [-0.05, 0) is 51.0 Å². The van der Waals surface area contributed by atoms with E-state index < -0.39 is 24.1 Å². The second-order valence-corrected chi connectivity index (χ2v) is 8.81. The second kappa shape index (κ2) is 12.2. The number of aryl methyl sites for hydroxylation is 1. The molecule has 3 rings (SSSR count). The Kier molecular flexibility index (Phi) is 9.97. The zero-order valence-electron chi connectivity index (χ0n) is 18.9. The Morgan fingerprint density at radius 2 is 1.88 bits per heavy atom. The average Bonchev–Trinajstić information content (AvgIpc) is 3.16. The Labute approximate surface area is 196 Å². The van der Waals surface area contributed by atoms with Gasteiger partial charge in [-0.1, -0.05) is 43.2 Å². The smallest absolute Gasteiger partial charge is 0.364 e. The summed E-state index contributed by atoms with van der Waals surface area (Å²) in [5.41, 5.74) is 1.12. The van der Waals surface area contributed by atoms with Crippen molar-refractivity contribution in [2.45, 2.75) is 83.0 Å². The molecule has 5 atom stereocenters. The molecule has 1 saturated carbocycles. The lowest BCUT2D eigenvalue weighted by molar-refractivity contribution is -0.697. The number of hydrogen-bond donors (Lipinski definition) is 2. The maximum absolute atomic E-state index is 13.4. The lowest BCUT2D eigenvalue weighted by Gasteiger charge is -2.34. The van der Waals surface area contributed by atoms with Crippen molar-refractivity contribution in [3.8, 4) is 0 Å². The first-order valence-electron chi connectivity index (χ1n) is 11.5. The molecule has 7 nitrogen and oxygen atoms in total. The Morgan fingerprint density at radius 3 is 2.53 bits per heavy atom. The van der Waals surface area contributed by atoms with Gasteiger partial charge >= 0.3 is 11.9 Å². The number of carboxylic acids is 1. The van der Waals surface area contributed by atoms with Crippen LogP contribution in [0, 0.1) is 5.92 Å². The van der Waals surface area contributed by atoms with Crippen LogP contribution >= 0.6 is 0 Å². The molecule has 3 N–H and O–H groups in total. The van der Waals surface area contributed by atoms with E-state index in [-0.39, 0.29) is 42.9 Å². The molecule has 1 aromatic rings. The summed E-state index contributed by atoms with van der Waals surface area (Å²) in [7, 11) is 0. The fraction of sp³-hybridized carbons (Fsp3) is 0.625. The summed E-state index contributed by atoms with van der Waals surface area (Å²) in [6.45, 7) is 3.82. The molecule has 0 radical (unpaired) electrons. The lowest BCUT2D eigenvalue weighted by Crippen LogP contribution is -3.00. The topological polar surface area (TPSA) is 101 Å². The monoisotopic (exact) mass is 466 g/mol. The fourth-order valence-corrected chi connectivity index (χ4v) is 5.17. The summed E-state index contributed by atoms with van der Waals surface area (Å²) >= 11 is 0. The van der Waals surface area contributed by atoms with E-state index in [0.717, 1.165) is 31.2 Å². The van der Waals surface area contributed by atoms with E-state index >= 15 is 0 Å². The van der Waals surface area contributed by atoms with E-state index in [1.807, 2.05) is 30.3 Å². The Hall–Kier alpha value is -2.12. The largest absolute Gasteiger partial charge is 1.00 e. The van der Waals surface area contributed by atoms with Crippen LogP contribution in [0.3, 0.4) is 0 Å². The molecule has 0 aromatic heterocycles. The first-order chi connectivity index (χ1) is 14.9. The van der Waals surface area contributed by atoms with Gasteiger partial charge in [0, 0.05) is 12.5 Å². The number of carbonyl (C=O) groups is 3. The number of carboxylic acid groups (broad SMARTS) is 1. The minimum atomic E-state index is -0.930. The molecule has 1 heterocycles. The van der Waals surface area contributed by atoms with E-state index in [1.165, 1.54) is 0 Å². The van der Waals surface area contributed by atoms with Gasteiger partial charge in [-0.2, -0.15) is 0 Å². The van der Waals surface area contributed by atoms with Gasteiger partial charge in [-0.3, -0.25) is 4.79 Å². The van der Waals surface area contributed by atoms with Crippen LogP contribution in [-0.2, 0) is 25.5 Å².